The van der Waals surface area contributed by atoms with Crippen LogP contribution in [0.3, 0.4) is 0 Å². The highest BCUT2D eigenvalue weighted by Gasteiger charge is 2.31. The summed E-state index contributed by atoms with van der Waals surface area (Å²) in [6.45, 7) is 5.42. The summed E-state index contributed by atoms with van der Waals surface area (Å²) in [6, 6.07) is 0.732. The highest BCUT2D eigenvalue weighted by atomic mass is 16.4. The van der Waals surface area contributed by atoms with E-state index in [-0.39, 0.29) is 12.5 Å². The van der Waals surface area contributed by atoms with Crippen LogP contribution in [0, 0.1) is 0 Å². The number of oxazole rings is 1. The van der Waals surface area contributed by atoms with Gasteiger partial charge in [-0.3, -0.25) is 9.69 Å². The molecule has 0 aliphatic carbocycles. The van der Waals surface area contributed by atoms with Crippen LogP contribution in [0.15, 0.2) is 10.6 Å². The molecular formula is C13H20N2O3. The van der Waals surface area contributed by atoms with Crippen LogP contribution >= 0.6 is 0 Å². The van der Waals surface area contributed by atoms with Gasteiger partial charge in [0, 0.05) is 12.5 Å². The summed E-state index contributed by atoms with van der Waals surface area (Å²) in [5, 5.41) is 8.64. The molecule has 1 saturated heterocycles. The van der Waals surface area contributed by atoms with Crippen LogP contribution in [0.25, 0.3) is 0 Å². The summed E-state index contributed by atoms with van der Waals surface area (Å²) in [5.41, 5.74) is 0. The third kappa shape index (κ3) is 2.90. The normalized spacial score (nSPS) is 20.7. The van der Waals surface area contributed by atoms with Gasteiger partial charge in [-0.05, 0) is 33.2 Å². The maximum absolute atomic E-state index is 10.5. The second-order valence-electron chi connectivity index (χ2n) is 5.05. The van der Waals surface area contributed by atoms with E-state index in [9.17, 15) is 4.79 Å². The molecule has 1 fully saturated rings. The van der Waals surface area contributed by atoms with Crippen LogP contribution in [0.5, 0.6) is 0 Å². The van der Waals surface area contributed by atoms with Crippen molar-refractivity contribution in [2.24, 2.45) is 0 Å². The van der Waals surface area contributed by atoms with Crippen molar-refractivity contribution in [2.75, 3.05) is 6.54 Å². The van der Waals surface area contributed by atoms with Crippen LogP contribution < -0.4 is 0 Å². The van der Waals surface area contributed by atoms with E-state index < -0.39 is 5.97 Å². The monoisotopic (exact) mass is 252 g/mol. The lowest BCUT2D eigenvalue weighted by Crippen LogP contribution is -2.30. The molecule has 0 radical (unpaired) electrons. The van der Waals surface area contributed by atoms with Crippen molar-refractivity contribution in [1.29, 1.82) is 0 Å². The van der Waals surface area contributed by atoms with Crippen LogP contribution in [0.4, 0.5) is 0 Å². The molecule has 1 aromatic rings. The van der Waals surface area contributed by atoms with E-state index in [0.29, 0.717) is 18.2 Å². The Balaban J connectivity index is 2.02. The predicted octanol–water partition coefficient (Wildman–Crippen LogP) is 2.24. The first-order chi connectivity index (χ1) is 8.58. The van der Waals surface area contributed by atoms with Crippen LogP contribution in [-0.2, 0) is 11.2 Å². The van der Waals surface area contributed by atoms with Gasteiger partial charge in [-0.25, -0.2) is 4.98 Å². The van der Waals surface area contributed by atoms with Crippen molar-refractivity contribution in [3.8, 4) is 0 Å². The van der Waals surface area contributed by atoms with Crippen molar-refractivity contribution >= 4 is 5.97 Å². The van der Waals surface area contributed by atoms with E-state index in [0.717, 1.165) is 25.3 Å². The van der Waals surface area contributed by atoms with Gasteiger partial charge in [0.15, 0.2) is 0 Å². The number of nitrogens with zero attached hydrogens (tertiary/aromatic N) is 2. The average molecular weight is 252 g/mol. The topological polar surface area (TPSA) is 66.6 Å². The zero-order chi connectivity index (χ0) is 13.1. The Morgan fingerprint density at radius 1 is 1.67 bits per heavy atom. The SMILES string of the molecule is CC(C)N1CCCC1c1ncc(CCC(=O)O)o1. The summed E-state index contributed by atoms with van der Waals surface area (Å²) < 4.78 is 5.68. The van der Waals surface area contributed by atoms with E-state index in [1.807, 2.05) is 0 Å². The Hall–Kier alpha value is -1.36. The van der Waals surface area contributed by atoms with Crippen LogP contribution in [0.1, 0.15) is 50.8 Å². The number of aliphatic carboxylic acids is 1. The molecule has 2 heterocycles. The molecule has 100 valence electrons. The summed E-state index contributed by atoms with van der Waals surface area (Å²) in [5.74, 6) is 0.599. The lowest BCUT2D eigenvalue weighted by molar-refractivity contribution is -0.137. The lowest BCUT2D eigenvalue weighted by Gasteiger charge is -2.25. The van der Waals surface area contributed by atoms with Crippen molar-refractivity contribution in [3.05, 3.63) is 17.8 Å². The molecule has 0 bridgehead atoms. The van der Waals surface area contributed by atoms with Crippen LogP contribution in [0.2, 0.25) is 0 Å². The van der Waals surface area contributed by atoms with Gasteiger partial charge in [0.25, 0.3) is 0 Å². The Labute approximate surface area is 107 Å². The first kappa shape index (κ1) is 13.1. The number of carbonyl (C=O) groups is 1. The van der Waals surface area contributed by atoms with Gasteiger partial charge in [-0.1, -0.05) is 0 Å². The summed E-state index contributed by atoms with van der Waals surface area (Å²) in [4.78, 5) is 17.2. The number of carboxylic acids is 1. The molecule has 0 aromatic carbocycles. The van der Waals surface area contributed by atoms with Gasteiger partial charge < -0.3 is 9.52 Å². The predicted molar refractivity (Wildman–Crippen MR) is 66.3 cm³/mol. The Kier molecular flexibility index (Phi) is 4.01. The standard InChI is InChI=1S/C13H20N2O3/c1-9(2)15-7-3-4-11(15)13-14-8-10(18-13)5-6-12(16)17/h8-9,11H,3-7H2,1-2H3,(H,16,17). The Bertz CT molecular complexity index is 414. The molecule has 1 atom stereocenters. The lowest BCUT2D eigenvalue weighted by atomic mass is 10.2. The largest absolute Gasteiger partial charge is 0.481 e. The quantitative estimate of drug-likeness (QED) is 0.870. The molecule has 0 spiro atoms. The molecule has 1 N–H and O–H groups in total. The smallest absolute Gasteiger partial charge is 0.303 e. The molecule has 1 aliphatic heterocycles. The van der Waals surface area contributed by atoms with Crippen molar-refractivity contribution in [2.45, 2.75) is 51.6 Å². The van der Waals surface area contributed by atoms with E-state index in [1.165, 1.54) is 0 Å². The highest BCUT2D eigenvalue weighted by Crippen LogP contribution is 2.33. The molecule has 18 heavy (non-hydrogen) atoms. The number of rotatable bonds is 5. The van der Waals surface area contributed by atoms with E-state index >= 15 is 0 Å². The van der Waals surface area contributed by atoms with Crippen molar-refractivity contribution in [1.82, 2.24) is 9.88 Å². The number of likely N-dealkylation sites (tertiary alicyclic amines) is 1. The minimum atomic E-state index is -0.808. The van der Waals surface area contributed by atoms with Crippen molar-refractivity contribution < 1.29 is 14.3 Å². The molecule has 0 amide bonds. The van der Waals surface area contributed by atoms with E-state index in [4.69, 9.17) is 9.52 Å². The second kappa shape index (κ2) is 5.52. The maximum atomic E-state index is 10.5. The molecular weight excluding hydrogens is 232 g/mol. The van der Waals surface area contributed by atoms with Gasteiger partial charge in [0.05, 0.1) is 18.7 Å². The van der Waals surface area contributed by atoms with E-state index in [1.54, 1.807) is 6.20 Å². The highest BCUT2D eigenvalue weighted by molar-refractivity contribution is 5.66. The third-order valence-electron chi connectivity index (χ3n) is 3.40. The van der Waals surface area contributed by atoms with Gasteiger partial charge in [0.2, 0.25) is 5.89 Å². The van der Waals surface area contributed by atoms with Crippen molar-refractivity contribution in [3.63, 3.8) is 0 Å². The fourth-order valence-electron chi connectivity index (χ4n) is 2.49. The van der Waals surface area contributed by atoms with Crippen LogP contribution in [-0.4, -0.2) is 33.5 Å². The molecule has 5 nitrogen and oxygen atoms in total. The molecule has 1 aromatic heterocycles. The Morgan fingerprint density at radius 2 is 2.44 bits per heavy atom. The molecule has 0 saturated carbocycles. The average Bonchev–Trinajstić information content (AvgIpc) is 2.94. The number of carboxylic acid groups (broad SMARTS) is 1. The minimum Gasteiger partial charge on any atom is -0.481 e. The van der Waals surface area contributed by atoms with E-state index in [2.05, 4.69) is 23.7 Å². The number of aromatic nitrogens is 1. The fraction of sp³-hybridized carbons (Fsp3) is 0.692. The van der Waals surface area contributed by atoms with Gasteiger partial charge >= 0.3 is 5.97 Å². The number of hydrogen-bond donors (Lipinski definition) is 1. The summed E-state index contributed by atoms with van der Waals surface area (Å²) in [7, 11) is 0. The maximum Gasteiger partial charge on any atom is 0.303 e. The fourth-order valence-corrected chi connectivity index (χ4v) is 2.49. The first-order valence-corrected chi connectivity index (χ1v) is 6.50. The zero-order valence-corrected chi connectivity index (χ0v) is 10.9. The Morgan fingerprint density at radius 3 is 3.11 bits per heavy atom. The third-order valence-corrected chi connectivity index (χ3v) is 3.40. The molecule has 5 heteroatoms. The molecule has 1 unspecified atom stereocenters. The number of hydrogen-bond acceptors (Lipinski definition) is 4. The minimum absolute atomic E-state index is 0.0905. The summed E-state index contributed by atoms with van der Waals surface area (Å²) in [6.07, 6.45) is 4.39. The number of aryl methyl sites for hydroxylation is 1. The molecule has 1 aliphatic rings. The first-order valence-electron chi connectivity index (χ1n) is 6.50. The van der Waals surface area contributed by atoms with Gasteiger partial charge in [-0.2, -0.15) is 0 Å². The summed E-state index contributed by atoms with van der Waals surface area (Å²) >= 11 is 0. The zero-order valence-electron chi connectivity index (χ0n) is 10.9. The second-order valence-corrected chi connectivity index (χ2v) is 5.05. The van der Waals surface area contributed by atoms with Gasteiger partial charge in [0.1, 0.15) is 5.76 Å². The van der Waals surface area contributed by atoms with Gasteiger partial charge in [-0.15, -0.1) is 0 Å². The molecule has 2 rings (SSSR count).